The van der Waals surface area contributed by atoms with Crippen molar-refractivity contribution in [2.75, 3.05) is 38.1 Å². The maximum Gasteiger partial charge on any atom is 0.409 e. The molecule has 1 N–H and O–H groups in total. The predicted molar refractivity (Wildman–Crippen MR) is 110 cm³/mol. The number of para-hydroxylation sites is 1. The first-order valence-electron chi connectivity index (χ1n) is 9.93. The Morgan fingerprint density at radius 1 is 1.07 bits per heavy atom. The van der Waals surface area contributed by atoms with Gasteiger partial charge >= 0.3 is 6.09 Å². The Balaban J connectivity index is 1.71. The van der Waals surface area contributed by atoms with Gasteiger partial charge < -0.3 is 19.9 Å². The Hall–Kier alpha value is -3.16. The third-order valence-corrected chi connectivity index (χ3v) is 4.81. The Morgan fingerprint density at radius 2 is 1.76 bits per heavy atom. The summed E-state index contributed by atoms with van der Waals surface area (Å²) < 4.78 is 5.02. The van der Waals surface area contributed by atoms with E-state index in [0.717, 1.165) is 17.7 Å². The van der Waals surface area contributed by atoms with E-state index < -0.39 is 0 Å². The van der Waals surface area contributed by atoms with E-state index in [1.807, 2.05) is 31.2 Å². The predicted octanol–water partition coefficient (Wildman–Crippen LogP) is 3.01. The topological polar surface area (TPSA) is 87.7 Å². The molecule has 1 aliphatic rings. The van der Waals surface area contributed by atoms with Crippen LogP contribution in [0.5, 0.6) is 0 Å². The standard InChI is InChI=1S/C21H27N5O3/c1-4-16-8-6-7-9-17(16)23-20-22-15(3)14-18(24-20)19(27)25-10-12-26(13-11-25)21(28)29-5-2/h6-9,14H,4-5,10-13H2,1-3H3,(H,22,23,24). The van der Waals surface area contributed by atoms with Crippen LogP contribution in [-0.2, 0) is 11.2 Å². The lowest BCUT2D eigenvalue weighted by Crippen LogP contribution is -2.50. The maximum atomic E-state index is 13.0. The summed E-state index contributed by atoms with van der Waals surface area (Å²) in [6, 6.07) is 9.66. The zero-order valence-corrected chi connectivity index (χ0v) is 17.1. The molecule has 0 bridgehead atoms. The molecule has 1 aliphatic heterocycles. The summed E-state index contributed by atoms with van der Waals surface area (Å²) >= 11 is 0. The largest absolute Gasteiger partial charge is 0.450 e. The van der Waals surface area contributed by atoms with Crippen molar-refractivity contribution in [3.05, 3.63) is 47.3 Å². The molecule has 29 heavy (non-hydrogen) atoms. The number of anilines is 2. The van der Waals surface area contributed by atoms with Crippen LogP contribution in [-0.4, -0.2) is 64.6 Å². The van der Waals surface area contributed by atoms with Crippen LogP contribution in [0.2, 0.25) is 0 Å². The lowest BCUT2D eigenvalue weighted by Gasteiger charge is -2.33. The van der Waals surface area contributed by atoms with Crippen LogP contribution in [0.1, 0.15) is 35.6 Å². The fourth-order valence-corrected chi connectivity index (χ4v) is 3.27. The number of aromatic nitrogens is 2. The van der Waals surface area contributed by atoms with Crippen LogP contribution in [0.4, 0.5) is 16.4 Å². The molecule has 1 aromatic carbocycles. The molecule has 1 aromatic heterocycles. The number of hydrogen-bond acceptors (Lipinski definition) is 6. The summed E-state index contributed by atoms with van der Waals surface area (Å²) in [6.07, 6.45) is 0.546. The van der Waals surface area contributed by atoms with Crippen molar-refractivity contribution in [3.63, 3.8) is 0 Å². The number of carbonyl (C=O) groups excluding carboxylic acids is 2. The molecule has 3 rings (SSSR count). The van der Waals surface area contributed by atoms with Crippen molar-refractivity contribution >= 4 is 23.6 Å². The molecule has 8 nitrogen and oxygen atoms in total. The first-order valence-corrected chi connectivity index (χ1v) is 9.93. The van der Waals surface area contributed by atoms with E-state index in [9.17, 15) is 9.59 Å². The summed E-state index contributed by atoms with van der Waals surface area (Å²) in [4.78, 5) is 37.0. The first kappa shape index (κ1) is 20.6. The number of nitrogens with one attached hydrogen (secondary N) is 1. The minimum atomic E-state index is -0.335. The van der Waals surface area contributed by atoms with Gasteiger partial charge in [0.05, 0.1) is 6.61 Å². The first-order chi connectivity index (χ1) is 14.0. The van der Waals surface area contributed by atoms with E-state index in [-0.39, 0.29) is 12.0 Å². The molecule has 2 aromatic rings. The van der Waals surface area contributed by atoms with E-state index in [1.165, 1.54) is 0 Å². The van der Waals surface area contributed by atoms with Gasteiger partial charge in [0.15, 0.2) is 0 Å². The number of nitrogens with zero attached hydrogens (tertiary/aromatic N) is 4. The highest BCUT2D eigenvalue weighted by Crippen LogP contribution is 2.20. The van der Waals surface area contributed by atoms with Crippen LogP contribution in [0, 0.1) is 6.92 Å². The Labute approximate surface area is 170 Å². The van der Waals surface area contributed by atoms with Crippen molar-refractivity contribution in [1.29, 1.82) is 0 Å². The molecule has 0 unspecified atom stereocenters. The maximum absolute atomic E-state index is 13.0. The lowest BCUT2D eigenvalue weighted by atomic mass is 10.1. The third-order valence-electron chi connectivity index (χ3n) is 4.81. The molecule has 2 amide bonds. The van der Waals surface area contributed by atoms with Gasteiger partial charge in [0.2, 0.25) is 5.95 Å². The van der Waals surface area contributed by atoms with Gasteiger partial charge in [-0.25, -0.2) is 14.8 Å². The van der Waals surface area contributed by atoms with Gasteiger partial charge in [-0.3, -0.25) is 4.79 Å². The lowest BCUT2D eigenvalue weighted by molar-refractivity contribution is 0.0566. The summed E-state index contributed by atoms with van der Waals surface area (Å²) in [5, 5.41) is 3.24. The van der Waals surface area contributed by atoms with Crippen molar-refractivity contribution in [2.24, 2.45) is 0 Å². The van der Waals surface area contributed by atoms with Crippen molar-refractivity contribution < 1.29 is 14.3 Å². The van der Waals surface area contributed by atoms with Crippen molar-refractivity contribution in [3.8, 4) is 0 Å². The summed E-state index contributed by atoms with van der Waals surface area (Å²) in [6.45, 7) is 7.84. The zero-order chi connectivity index (χ0) is 20.8. The average molecular weight is 397 g/mol. The van der Waals surface area contributed by atoms with E-state index in [1.54, 1.807) is 22.8 Å². The van der Waals surface area contributed by atoms with E-state index in [0.29, 0.717) is 50.1 Å². The second-order valence-corrected chi connectivity index (χ2v) is 6.83. The Morgan fingerprint density at radius 3 is 2.45 bits per heavy atom. The number of amides is 2. The molecule has 154 valence electrons. The molecule has 0 aliphatic carbocycles. The van der Waals surface area contributed by atoms with Gasteiger partial charge in [-0.15, -0.1) is 0 Å². The number of benzene rings is 1. The second kappa shape index (κ2) is 9.36. The highest BCUT2D eigenvalue weighted by Gasteiger charge is 2.26. The number of aryl methyl sites for hydroxylation is 2. The second-order valence-electron chi connectivity index (χ2n) is 6.83. The highest BCUT2D eigenvalue weighted by atomic mass is 16.6. The van der Waals surface area contributed by atoms with E-state index in [2.05, 4.69) is 22.2 Å². The van der Waals surface area contributed by atoms with Gasteiger partial charge in [0.1, 0.15) is 5.69 Å². The van der Waals surface area contributed by atoms with Gasteiger partial charge in [-0.2, -0.15) is 0 Å². The smallest absolute Gasteiger partial charge is 0.409 e. The summed E-state index contributed by atoms with van der Waals surface area (Å²) in [7, 11) is 0. The minimum absolute atomic E-state index is 0.161. The Bertz CT molecular complexity index is 878. The highest BCUT2D eigenvalue weighted by molar-refractivity contribution is 5.93. The van der Waals surface area contributed by atoms with Gasteiger partial charge in [-0.05, 0) is 38.0 Å². The fraction of sp³-hybridized carbons (Fsp3) is 0.429. The SMILES string of the molecule is CCOC(=O)N1CCN(C(=O)c2cc(C)nc(Nc3ccccc3CC)n2)CC1. The number of carbonyl (C=O) groups is 2. The molecule has 0 spiro atoms. The van der Waals surface area contributed by atoms with Gasteiger partial charge in [0, 0.05) is 37.6 Å². The van der Waals surface area contributed by atoms with Crippen LogP contribution in [0.15, 0.2) is 30.3 Å². The van der Waals surface area contributed by atoms with Crippen LogP contribution in [0.25, 0.3) is 0 Å². The van der Waals surface area contributed by atoms with E-state index in [4.69, 9.17) is 4.74 Å². The zero-order valence-electron chi connectivity index (χ0n) is 17.1. The van der Waals surface area contributed by atoms with Crippen LogP contribution < -0.4 is 5.32 Å². The molecule has 1 fully saturated rings. The molecular weight excluding hydrogens is 370 g/mol. The average Bonchev–Trinajstić information content (AvgIpc) is 2.73. The van der Waals surface area contributed by atoms with Gasteiger partial charge in [0.25, 0.3) is 5.91 Å². The molecular formula is C21H27N5O3. The number of hydrogen-bond donors (Lipinski definition) is 1. The quantitative estimate of drug-likeness (QED) is 0.834. The molecule has 0 saturated carbocycles. The fourth-order valence-electron chi connectivity index (χ4n) is 3.27. The van der Waals surface area contributed by atoms with Crippen LogP contribution in [0.3, 0.4) is 0 Å². The number of piperazine rings is 1. The third kappa shape index (κ3) is 5.01. The molecule has 1 saturated heterocycles. The molecule has 8 heteroatoms. The van der Waals surface area contributed by atoms with Crippen molar-refractivity contribution in [2.45, 2.75) is 27.2 Å². The Kier molecular flexibility index (Phi) is 6.64. The summed E-state index contributed by atoms with van der Waals surface area (Å²) in [5.74, 6) is 0.241. The van der Waals surface area contributed by atoms with Crippen LogP contribution >= 0.6 is 0 Å². The van der Waals surface area contributed by atoms with Gasteiger partial charge in [-0.1, -0.05) is 25.1 Å². The number of ether oxygens (including phenoxy) is 1. The number of rotatable bonds is 5. The van der Waals surface area contributed by atoms with E-state index >= 15 is 0 Å². The minimum Gasteiger partial charge on any atom is -0.450 e. The monoisotopic (exact) mass is 397 g/mol. The molecule has 0 radical (unpaired) electrons. The molecule has 2 heterocycles. The summed E-state index contributed by atoms with van der Waals surface area (Å²) in [5.41, 5.74) is 3.14. The molecule has 0 atom stereocenters. The van der Waals surface area contributed by atoms with Crippen molar-refractivity contribution in [1.82, 2.24) is 19.8 Å². The normalized spacial score (nSPS) is 13.9.